The second-order valence-electron chi connectivity index (χ2n) is 8.38. The SMILES string of the molecule is CC1(C)c2ccccc2-c2ccc(-c3ccc4oc5cc(Br)ccc5c4c3)cc21. The summed E-state index contributed by atoms with van der Waals surface area (Å²) < 4.78 is 7.08. The molecule has 0 amide bonds. The average molecular weight is 439 g/mol. The molecule has 4 aromatic carbocycles. The topological polar surface area (TPSA) is 13.1 Å². The Labute approximate surface area is 178 Å². The summed E-state index contributed by atoms with van der Waals surface area (Å²) in [5.74, 6) is 0. The molecule has 1 aromatic heterocycles. The third kappa shape index (κ3) is 2.39. The van der Waals surface area contributed by atoms with E-state index in [1.807, 2.05) is 6.07 Å². The van der Waals surface area contributed by atoms with Gasteiger partial charge in [-0.15, -0.1) is 0 Å². The number of halogens is 1. The Bertz CT molecular complexity index is 1440. The van der Waals surface area contributed by atoms with Gasteiger partial charge in [0.1, 0.15) is 11.2 Å². The molecule has 2 heteroatoms. The highest BCUT2D eigenvalue weighted by Crippen LogP contribution is 2.49. The summed E-state index contributed by atoms with van der Waals surface area (Å²) >= 11 is 3.53. The van der Waals surface area contributed by atoms with Crippen molar-refractivity contribution in [3.05, 3.63) is 94.5 Å². The Morgan fingerprint density at radius 2 is 1.41 bits per heavy atom. The second kappa shape index (κ2) is 5.84. The molecule has 0 radical (unpaired) electrons. The number of fused-ring (bicyclic) bond motifs is 6. The van der Waals surface area contributed by atoms with Crippen molar-refractivity contribution in [1.29, 1.82) is 0 Å². The van der Waals surface area contributed by atoms with E-state index in [0.29, 0.717) is 0 Å². The quantitative estimate of drug-likeness (QED) is 0.256. The maximum absolute atomic E-state index is 6.04. The van der Waals surface area contributed by atoms with Crippen LogP contribution in [0.25, 0.3) is 44.2 Å². The lowest BCUT2D eigenvalue weighted by atomic mass is 9.81. The first kappa shape index (κ1) is 17.1. The summed E-state index contributed by atoms with van der Waals surface area (Å²) in [6.07, 6.45) is 0. The molecule has 6 rings (SSSR count). The van der Waals surface area contributed by atoms with Gasteiger partial charge in [0.25, 0.3) is 0 Å². The molecule has 0 bridgehead atoms. The van der Waals surface area contributed by atoms with Crippen molar-refractivity contribution in [2.75, 3.05) is 0 Å². The van der Waals surface area contributed by atoms with E-state index in [1.165, 1.54) is 33.4 Å². The minimum absolute atomic E-state index is 0.0145. The van der Waals surface area contributed by atoms with Crippen molar-refractivity contribution in [1.82, 2.24) is 0 Å². The summed E-state index contributed by atoms with van der Waals surface area (Å²) in [5, 5.41) is 2.31. The molecule has 0 saturated heterocycles. The van der Waals surface area contributed by atoms with Gasteiger partial charge in [-0.2, -0.15) is 0 Å². The van der Waals surface area contributed by atoms with Crippen LogP contribution in [-0.2, 0) is 5.41 Å². The monoisotopic (exact) mass is 438 g/mol. The van der Waals surface area contributed by atoms with E-state index in [2.05, 4.69) is 103 Å². The van der Waals surface area contributed by atoms with Crippen LogP contribution in [0.4, 0.5) is 0 Å². The zero-order chi connectivity index (χ0) is 19.8. The fourth-order valence-electron chi connectivity index (χ4n) is 4.81. The normalized spacial score (nSPS) is 14.3. The number of hydrogen-bond donors (Lipinski definition) is 0. The third-order valence-corrected chi connectivity index (χ3v) is 6.84. The smallest absolute Gasteiger partial charge is 0.136 e. The van der Waals surface area contributed by atoms with E-state index in [1.54, 1.807) is 0 Å². The fraction of sp³-hybridized carbons (Fsp3) is 0.111. The molecule has 1 aliphatic carbocycles. The largest absolute Gasteiger partial charge is 0.456 e. The van der Waals surface area contributed by atoms with Crippen LogP contribution in [0.2, 0.25) is 0 Å². The van der Waals surface area contributed by atoms with Gasteiger partial charge in [0.05, 0.1) is 0 Å². The lowest BCUT2D eigenvalue weighted by molar-refractivity contribution is 0.660. The van der Waals surface area contributed by atoms with E-state index in [0.717, 1.165) is 26.4 Å². The molecule has 29 heavy (non-hydrogen) atoms. The maximum Gasteiger partial charge on any atom is 0.136 e. The Hall–Kier alpha value is -2.84. The Morgan fingerprint density at radius 1 is 0.655 bits per heavy atom. The molecule has 0 aliphatic heterocycles. The molecule has 0 N–H and O–H groups in total. The van der Waals surface area contributed by atoms with E-state index in [9.17, 15) is 0 Å². The van der Waals surface area contributed by atoms with Crippen LogP contribution in [0.5, 0.6) is 0 Å². The molecule has 1 heterocycles. The van der Waals surface area contributed by atoms with Gasteiger partial charge >= 0.3 is 0 Å². The first-order valence-corrected chi connectivity index (χ1v) is 10.7. The van der Waals surface area contributed by atoms with Crippen molar-refractivity contribution in [2.24, 2.45) is 0 Å². The number of rotatable bonds is 1. The van der Waals surface area contributed by atoms with Crippen LogP contribution >= 0.6 is 15.9 Å². The van der Waals surface area contributed by atoms with Crippen molar-refractivity contribution < 1.29 is 4.42 Å². The predicted octanol–water partition coefficient (Wildman–Crippen LogP) is 8.32. The molecule has 0 fully saturated rings. The zero-order valence-electron chi connectivity index (χ0n) is 16.3. The molecule has 1 aliphatic rings. The minimum atomic E-state index is 0.0145. The maximum atomic E-state index is 6.04. The van der Waals surface area contributed by atoms with Gasteiger partial charge in [-0.1, -0.05) is 72.2 Å². The van der Waals surface area contributed by atoms with Gasteiger partial charge in [0, 0.05) is 20.7 Å². The Kier molecular flexibility index (Phi) is 3.43. The average Bonchev–Trinajstić information content (AvgIpc) is 3.20. The lowest BCUT2D eigenvalue weighted by Gasteiger charge is -2.22. The van der Waals surface area contributed by atoms with E-state index in [4.69, 9.17) is 4.42 Å². The van der Waals surface area contributed by atoms with Crippen LogP contribution in [0.15, 0.2) is 87.8 Å². The summed E-state index contributed by atoms with van der Waals surface area (Å²) in [7, 11) is 0. The van der Waals surface area contributed by atoms with Gasteiger partial charge in [0.15, 0.2) is 0 Å². The molecule has 0 spiro atoms. The Balaban J connectivity index is 1.54. The van der Waals surface area contributed by atoms with E-state index >= 15 is 0 Å². The number of furan rings is 1. The Morgan fingerprint density at radius 3 is 2.31 bits per heavy atom. The lowest BCUT2D eigenvalue weighted by Crippen LogP contribution is -2.14. The van der Waals surface area contributed by atoms with Crippen LogP contribution in [0.1, 0.15) is 25.0 Å². The van der Waals surface area contributed by atoms with Crippen molar-refractivity contribution in [2.45, 2.75) is 19.3 Å². The first-order valence-electron chi connectivity index (χ1n) is 9.89. The van der Waals surface area contributed by atoms with Crippen LogP contribution in [0, 0.1) is 0 Å². The van der Waals surface area contributed by atoms with Gasteiger partial charge in [-0.25, -0.2) is 0 Å². The summed E-state index contributed by atoms with van der Waals surface area (Å²) in [5.41, 5.74) is 9.85. The summed E-state index contributed by atoms with van der Waals surface area (Å²) in [6.45, 7) is 4.65. The van der Waals surface area contributed by atoms with Crippen molar-refractivity contribution >= 4 is 37.9 Å². The first-order chi connectivity index (χ1) is 14.0. The molecule has 0 atom stereocenters. The van der Waals surface area contributed by atoms with Crippen LogP contribution in [0.3, 0.4) is 0 Å². The van der Waals surface area contributed by atoms with E-state index < -0.39 is 0 Å². The standard InChI is InChI=1S/C27H19BrO/c1-27(2)23-6-4-3-5-19(23)20-10-7-17(14-24(20)27)16-8-12-25-22(13-16)21-11-9-18(28)15-26(21)29-25/h3-15H,1-2H3. The van der Waals surface area contributed by atoms with Crippen molar-refractivity contribution in [3.63, 3.8) is 0 Å². The van der Waals surface area contributed by atoms with Gasteiger partial charge in [-0.05, 0) is 69.8 Å². The molecule has 140 valence electrons. The predicted molar refractivity (Wildman–Crippen MR) is 124 cm³/mol. The van der Waals surface area contributed by atoms with E-state index in [-0.39, 0.29) is 5.41 Å². The highest BCUT2D eigenvalue weighted by Gasteiger charge is 2.35. The van der Waals surface area contributed by atoms with Crippen LogP contribution < -0.4 is 0 Å². The van der Waals surface area contributed by atoms with Gasteiger partial charge in [0.2, 0.25) is 0 Å². The van der Waals surface area contributed by atoms with Crippen molar-refractivity contribution in [3.8, 4) is 22.3 Å². The van der Waals surface area contributed by atoms with Crippen LogP contribution in [-0.4, -0.2) is 0 Å². The number of benzene rings is 4. The number of hydrogen-bond acceptors (Lipinski definition) is 1. The zero-order valence-corrected chi connectivity index (χ0v) is 17.9. The highest BCUT2D eigenvalue weighted by atomic mass is 79.9. The highest BCUT2D eigenvalue weighted by molar-refractivity contribution is 9.10. The molecule has 0 saturated carbocycles. The fourth-order valence-corrected chi connectivity index (χ4v) is 5.15. The second-order valence-corrected chi connectivity index (χ2v) is 9.30. The summed E-state index contributed by atoms with van der Waals surface area (Å²) in [6, 6.07) is 28.4. The minimum Gasteiger partial charge on any atom is -0.456 e. The summed E-state index contributed by atoms with van der Waals surface area (Å²) in [4.78, 5) is 0. The molecule has 0 unspecified atom stereocenters. The molecule has 5 aromatic rings. The molecule has 1 nitrogen and oxygen atoms in total. The molecular weight excluding hydrogens is 420 g/mol. The third-order valence-electron chi connectivity index (χ3n) is 6.35. The van der Waals surface area contributed by atoms with Gasteiger partial charge < -0.3 is 4.42 Å². The van der Waals surface area contributed by atoms with Gasteiger partial charge in [-0.3, -0.25) is 0 Å². The molecular formula is C27H19BrO.